The smallest absolute Gasteiger partial charge is 0.119 e. The van der Waals surface area contributed by atoms with E-state index in [1.165, 1.54) is 205 Å². The van der Waals surface area contributed by atoms with Crippen LogP contribution in [0.1, 0.15) is 225 Å². The normalized spacial score (nSPS) is 11.8. The van der Waals surface area contributed by atoms with E-state index in [9.17, 15) is 4.79 Å². The minimum absolute atomic E-state index is 0.753. The quantitative estimate of drug-likeness (QED) is 0.0414. The average molecular weight is 573 g/mol. The number of hydrogen-bond acceptors (Lipinski definition) is 1. The van der Waals surface area contributed by atoms with Gasteiger partial charge in [-0.15, -0.1) is 0 Å². The first kappa shape index (κ1) is 40.1. The van der Waals surface area contributed by atoms with Gasteiger partial charge in [0.1, 0.15) is 6.29 Å². The van der Waals surface area contributed by atoms with Crippen LogP contribution in [0.4, 0.5) is 0 Å². The first-order chi connectivity index (χ1) is 20.4. The molecule has 0 heterocycles. The van der Waals surface area contributed by atoms with Crippen molar-refractivity contribution in [2.75, 3.05) is 0 Å². The molecule has 0 aliphatic rings. The number of hydrogen-bond donors (Lipinski definition) is 0. The largest absolute Gasteiger partial charge is 0.303 e. The van der Waals surface area contributed by atoms with Crippen LogP contribution in [-0.2, 0) is 4.79 Å². The van der Waals surface area contributed by atoms with E-state index in [1.54, 1.807) is 0 Å². The van der Waals surface area contributed by atoms with Gasteiger partial charge in [-0.05, 0) is 44.9 Å². The predicted octanol–water partition coefficient (Wildman–Crippen LogP) is 14.6. The molecule has 0 amide bonds. The summed E-state index contributed by atoms with van der Waals surface area (Å²) in [4.78, 5) is 10.3. The minimum Gasteiger partial charge on any atom is -0.303 e. The van der Waals surface area contributed by atoms with Crippen LogP contribution in [-0.4, -0.2) is 6.29 Å². The number of carbonyl (C=O) groups is 1. The van der Waals surface area contributed by atoms with Crippen LogP contribution in [0.25, 0.3) is 0 Å². The molecule has 0 fully saturated rings. The molecule has 0 rings (SSSR count). The van der Waals surface area contributed by atoms with Crippen molar-refractivity contribution in [3.63, 3.8) is 0 Å². The lowest BCUT2D eigenvalue weighted by molar-refractivity contribution is -0.107. The number of rotatable bonds is 36. The molecule has 1 nitrogen and oxygen atoms in total. The van der Waals surface area contributed by atoms with E-state index in [0.29, 0.717) is 0 Å². The third-order valence-electron chi connectivity index (χ3n) is 8.75. The zero-order chi connectivity index (χ0) is 29.6. The summed E-state index contributed by atoms with van der Waals surface area (Å²) in [5, 5.41) is 0. The number of aldehydes is 1. The Morgan fingerprint density at radius 3 is 0.756 bits per heavy atom. The lowest BCUT2D eigenvalue weighted by Gasteiger charge is -2.04. The molecule has 0 spiro atoms. The van der Waals surface area contributed by atoms with Crippen LogP contribution in [0.15, 0.2) is 24.3 Å². The standard InChI is InChI=1S/C40H76O/c1-2-3-4-5-6-7-8-9-10-11-12-13-14-15-16-17-18-19-20-21-22-23-24-25-26-27-28-29-30-31-32-33-34-35-36-37-38-39-40-41/h23-24,27-28,40H,2-22,25-26,29-39H2,1H3/b24-23-,28-27-. The predicted molar refractivity (Wildman–Crippen MR) is 187 cm³/mol. The molecule has 0 saturated heterocycles. The Bertz CT molecular complexity index is 519. The van der Waals surface area contributed by atoms with Crippen molar-refractivity contribution in [1.29, 1.82) is 0 Å². The SMILES string of the molecule is CCCCCCCCCCCCCCCCCCCCCC/C=C\CC/C=C\CCCCCCCCCCCC=O. The van der Waals surface area contributed by atoms with E-state index < -0.39 is 0 Å². The van der Waals surface area contributed by atoms with Gasteiger partial charge < -0.3 is 4.79 Å². The Kier molecular flexibility index (Phi) is 38.3. The van der Waals surface area contributed by atoms with Crippen molar-refractivity contribution in [3.8, 4) is 0 Å². The average Bonchev–Trinajstić information content (AvgIpc) is 2.98. The van der Waals surface area contributed by atoms with Gasteiger partial charge >= 0.3 is 0 Å². The highest BCUT2D eigenvalue weighted by Crippen LogP contribution is 2.15. The molecule has 1 heteroatoms. The molecule has 0 aliphatic heterocycles. The van der Waals surface area contributed by atoms with Gasteiger partial charge in [0.2, 0.25) is 0 Å². The van der Waals surface area contributed by atoms with Crippen molar-refractivity contribution in [2.45, 2.75) is 225 Å². The van der Waals surface area contributed by atoms with Crippen LogP contribution in [0.5, 0.6) is 0 Å². The van der Waals surface area contributed by atoms with Gasteiger partial charge in [-0.2, -0.15) is 0 Å². The summed E-state index contributed by atoms with van der Waals surface area (Å²) < 4.78 is 0. The molecule has 41 heavy (non-hydrogen) atoms. The Morgan fingerprint density at radius 1 is 0.268 bits per heavy atom. The monoisotopic (exact) mass is 573 g/mol. The van der Waals surface area contributed by atoms with Gasteiger partial charge in [0.05, 0.1) is 0 Å². The Labute approximate surface area is 260 Å². The highest BCUT2D eigenvalue weighted by Gasteiger charge is 1.96. The second kappa shape index (κ2) is 39.1. The Morgan fingerprint density at radius 2 is 0.488 bits per heavy atom. The summed E-state index contributed by atoms with van der Waals surface area (Å²) in [5.41, 5.74) is 0. The summed E-state index contributed by atoms with van der Waals surface area (Å²) in [6.07, 6.45) is 57.4. The summed E-state index contributed by atoms with van der Waals surface area (Å²) in [6.45, 7) is 2.30. The maximum Gasteiger partial charge on any atom is 0.119 e. The lowest BCUT2D eigenvalue weighted by Crippen LogP contribution is -1.84. The van der Waals surface area contributed by atoms with E-state index >= 15 is 0 Å². The third kappa shape index (κ3) is 39.1. The third-order valence-corrected chi connectivity index (χ3v) is 8.75. The zero-order valence-electron chi connectivity index (χ0n) is 28.3. The van der Waals surface area contributed by atoms with Crippen molar-refractivity contribution < 1.29 is 4.79 Å². The van der Waals surface area contributed by atoms with E-state index in [0.717, 1.165) is 19.1 Å². The molecule has 0 saturated carbocycles. The number of allylic oxidation sites excluding steroid dienone is 4. The maximum atomic E-state index is 10.3. The number of carbonyl (C=O) groups excluding carboxylic acids is 1. The molecule has 0 aliphatic carbocycles. The first-order valence-corrected chi connectivity index (χ1v) is 19.2. The van der Waals surface area contributed by atoms with E-state index in [4.69, 9.17) is 0 Å². The molecule has 0 N–H and O–H groups in total. The second-order valence-electron chi connectivity index (χ2n) is 13.0. The van der Waals surface area contributed by atoms with Gasteiger partial charge in [0, 0.05) is 6.42 Å². The summed E-state index contributed by atoms with van der Waals surface area (Å²) in [7, 11) is 0. The van der Waals surface area contributed by atoms with Gasteiger partial charge in [0.15, 0.2) is 0 Å². The van der Waals surface area contributed by atoms with Crippen molar-refractivity contribution >= 4 is 6.29 Å². The molecule has 0 atom stereocenters. The van der Waals surface area contributed by atoms with Crippen LogP contribution in [0, 0.1) is 0 Å². The highest BCUT2D eigenvalue weighted by molar-refractivity contribution is 5.48. The molecule has 0 aromatic carbocycles. The van der Waals surface area contributed by atoms with E-state index in [-0.39, 0.29) is 0 Å². The van der Waals surface area contributed by atoms with Crippen LogP contribution >= 0.6 is 0 Å². The summed E-state index contributed by atoms with van der Waals surface area (Å²) in [5.74, 6) is 0. The fourth-order valence-electron chi connectivity index (χ4n) is 5.91. The van der Waals surface area contributed by atoms with Crippen LogP contribution in [0.2, 0.25) is 0 Å². The van der Waals surface area contributed by atoms with Gasteiger partial charge in [-0.1, -0.05) is 198 Å². The summed E-state index contributed by atoms with van der Waals surface area (Å²) >= 11 is 0. The fourth-order valence-corrected chi connectivity index (χ4v) is 5.91. The Hall–Kier alpha value is -0.850. The number of unbranched alkanes of at least 4 members (excludes halogenated alkanes) is 31. The Balaban J connectivity index is 3.14. The zero-order valence-corrected chi connectivity index (χ0v) is 28.3. The topological polar surface area (TPSA) is 17.1 Å². The van der Waals surface area contributed by atoms with Crippen LogP contribution < -0.4 is 0 Å². The molecule has 0 unspecified atom stereocenters. The van der Waals surface area contributed by atoms with E-state index in [1.807, 2.05) is 0 Å². The van der Waals surface area contributed by atoms with Gasteiger partial charge in [-0.25, -0.2) is 0 Å². The summed E-state index contributed by atoms with van der Waals surface area (Å²) in [6, 6.07) is 0. The highest BCUT2D eigenvalue weighted by atomic mass is 16.1. The van der Waals surface area contributed by atoms with Crippen molar-refractivity contribution in [2.24, 2.45) is 0 Å². The fraction of sp³-hybridized carbons (Fsp3) is 0.875. The van der Waals surface area contributed by atoms with E-state index in [2.05, 4.69) is 31.2 Å². The molecular weight excluding hydrogens is 496 g/mol. The van der Waals surface area contributed by atoms with Gasteiger partial charge in [-0.3, -0.25) is 0 Å². The maximum absolute atomic E-state index is 10.3. The molecule has 0 aromatic heterocycles. The molecule has 0 bridgehead atoms. The van der Waals surface area contributed by atoms with Gasteiger partial charge in [0.25, 0.3) is 0 Å². The van der Waals surface area contributed by atoms with Crippen LogP contribution in [0.3, 0.4) is 0 Å². The minimum atomic E-state index is 0.753. The van der Waals surface area contributed by atoms with Crippen molar-refractivity contribution in [1.82, 2.24) is 0 Å². The molecule has 242 valence electrons. The first-order valence-electron chi connectivity index (χ1n) is 19.2. The molecule has 0 aromatic rings. The molecule has 0 radical (unpaired) electrons. The van der Waals surface area contributed by atoms with Crippen molar-refractivity contribution in [3.05, 3.63) is 24.3 Å². The second-order valence-corrected chi connectivity index (χ2v) is 13.0. The molecular formula is C40H76O. The lowest BCUT2D eigenvalue weighted by atomic mass is 10.0.